The first-order valence-corrected chi connectivity index (χ1v) is 6.35. The molecule has 0 aliphatic rings. The Morgan fingerprint density at radius 1 is 1.32 bits per heavy atom. The minimum Gasteiger partial charge on any atom is -0.486 e. The molecule has 0 saturated heterocycles. The molecule has 0 atom stereocenters. The van der Waals surface area contributed by atoms with Gasteiger partial charge in [0.2, 0.25) is 0 Å². The Hall–Kier alpha value is -1.81. The van der Waals surface area contributed by atoms with Crippen molar-refractivity contribution in [2.24, 2.45) is 0 Å². The van der Waals surface area contributed by atoms with Gasteiger partial charge in [0.05, 0.1) is 6.26 Å². The van der Waals surface area contributed by atoms with Gasteiger partial charge in [-0.2, -0.15) is 0 Å². The average molecular weight is 263 g/mol. The number of benzene rings is 1. The van der Waals surface area contributed by atoms with Gasteiger partial charge in [-0.1, -0.05) is 13.0 Å². The van der Waals surface area contributed by atoms with Crippen LogP contribution in [-0.2, 0) is 13.2 Å². The zero-order chi connectivity index (χ0) is 13.7. The predicted molar refractivity (Wildman–Crippen MR) is 71.6 cm³/mol. The van der Waals surface area contributed by atoms with Crippen LogP contribution in [0.2, 0.25) is 0 Å². The fraction of sp³-hybridized carbons (Fsp3) is 0.333. The fourth-order valence-electron chi connectivity index (χ4n) is 1.72. The quantitative estimate of drug-likeness (QED) is 0.867. The van der Waals surface area contributed by atoms with Crippen LogP contribution in [0.3, 0.4) is 0 Å². The Labute approximate surface area is 112 Å². The zero-order valence-corrected chi connectivity index (χ0v) is 11.2. The molecule has 4 heteroatoms. The lowest BCUT2D eigenvalue weighted by atomic mass is 10.2. The van der Waals surface area contributed by atoms with Crippen LogP contribution in [0, 0.1) is 12.7 Å². The summed E-state index contributed by atoms with van der Waals surface area (Å²) in [6, 6.07) is 6.76. The van der Waals surface area contributed by atoms with Crippen LogP contribution >= 0.6 is 0 Å². The van der Waals surface area contributed by atoms with Crippen LogP contribution in [0.5, 0.6) is 5.75 Å². The van der Waals surface area contributed by atoms with Gasteiger partial charge >= 0.3 is 0 Å². The van der Waals surface area contributed by atoms with E-state index in [2.05, 4.69) is 5.32 Å². The largest absolute Gasteiger partial charge is 0.486 e. The molecule has 0 amide bonds. The SMILES string of the molecule is CCNCc1ccoc1COc1ccc(C)c(F)c1. The van der Waals surface area contributed by atoms with E-state index >= 15 is 0 Å². The zero-order valence-electron chi connectivity index (χ0n) is 11.2. The van der Waals surface area contributed by atoms with Gasteiger partial charge in [0.15, 0.2) is 0 Å². The van der Waals surface area contributed by atoms with Crippen molar-refractivity contribution in [1.29, 1.82) is 0 Å². The van der Waals surface area contributed by atoms with Gasteiger partial charge in [-0.15, -0.1) is 0 Å². The van der Waals surface area contributed by atoms with Crippen molar-refractivity contribution in [3.63, 3.8) is 0 Å². The molecule has 0 spiro atoms. The Kier molecular flexibility index (Phi) is 4.58. The van der Waals surface area contributed by atoms with Crippen molar-refractivity contribution < 1.29 is 13.5 Å². The lowest BCUT2D eigenvalue weighted by molar-refractivity contribution is 0.267. The van der Waals surface area contributed by atoms with E-state index in [1.54, 1.807) is 25.3 Å². The number of rotatable bonds is 6. The molecule has 0 aliphatic carbocycles. The Bertz CT molecular complexity index is 537. The Morgan fingerprint density at radius 3 is 2.89 bits per heavy atom. The molecular formula is C15H18FNO2. The van der Waals surface area contributed by atoms with Gasteiger partial charge in [-0.3, -0.25) is 0 Å². The molecule has 2 aromatic rings. The molecule has 2 rings (SSSR count). The van der Waals surface area contributed by atoms with Crippen LogP contribution < -0.4 is 10.1 Å². The minimum atomic E-state index is -0.259. The van der Waals surface area contributed by atoms with Gasteiger partial charge < -0.3 is 14.5 Å². The van der Waals surface area contributed by atoms with Crippen molar-refractivity contribution in [1.82, 2.24) is 5.32 Å². The topological polar surface area (TPSA) is 34.4 Å². The maximum absolute atomic E-state index is 13.4. The lowest BCUT2D eigenvalue weighted by Gasteiger charge is -2.07. The number of ether oxygens (including phenoxy) is 1. The van der Waals surface area contributed by atoms with E-state index in [1.807, 2.05) is 13.0 Å². The number of hydrogen-bond donors (Lipinski definition) is 1. The normalized spacial score (nSPS) is 10.7. The Balaban J connectivity index is 1.98. The minimum absolute atomic E-state index is 0.259. The molecule has 1 heterocycles. The molecule has 0 radical (unpaired) electrons. The predicted octanol–water partition coefficient (Wildman–Crippen LogP) is 3.42. The molecule has 3 nitrogen and oxygen atoms in total. The molecule has 19 heavy (non-hydrogen) atoms. The van der Waals surface area contributed by atoms with Crippen LogP contribution in [0.1, 0.15) is 23.8 Å². The van der Waals surface area contributed by atoms with Gasteiger partial charge in [0, 0.05) is 18.2 Å². The van der Waals surface area contributed by atoms with E-state index < -0.39 is 0 Å². The van der Waals surface area contributed by atoms with E-state index in [9.17, 15) is 4.39 Å². The van der Waals surface area contributed by atoms with Crippen molar-refractivity contribution in [3.05, 3.63) is 53.2 Å². The van der Waals surface area contributed by atoms with Crippen molar-refractivity contribution in [2.45, 2.75) is 27.0 Å². The summed E-state index contributed by atoms with van der Waals surface area (Å²) in [4.78, 5) is 0. The van der Waals surface area contributed by atoms with Crippen molar-refractivity contribution in [3.8, 4) is 5.75 Å². The smallest absolute Gasteiger partial charge is 0.146 e. The van der Waals surface area contributed by atoms with Gasteiger partial charge in [-0.05, 0) is 31.2 Å². The number of aryl methyl sites for hydroxylation is 1. The number of nitrogens with one attached hydrogen (secondary N) is 1. The molecule has 1 N–H and O–H groups in total. The third-order valence-electron chi connectivity index (χ3n) is 2.92. The highest BCUT2D eigenvalue weighted by molar-refractivity contribution is 5.28. The van der Waals surface area contributed by atoms with Crippen molar-refractivity contribution >= 4 is 0 Å². The van der Waals surface area contributed by atoms with Crippen molar-refractivity contribution in [2.75, 3.05) is 6.54 Å². The van der Waals surface area contributed by atoms with E-state index in [-0.39, 0.29) is 5.82 Å². The fourth-order valence-corrected chi connectivity index (χ4v) is 1.72. The second kappa shape index (κ2) is 6.38. The van der Waals surface area contributed by atoms with Crippen LogP contribution in [0.4, 0.5) is 4.39 Å². The van der Waals surface area contributed by atoms with Crippen LogP contribution in [0.15, 0.2) is 34.9 Å². The van der Waals surface area contributed by atoms with E-state index in [4.69, 9.17) is 9.15 Å². The molecule has 0 bridgehead atoms. The summed E-state index contributed by atoms with van der Waals surface area (Å²) >= 11 is 0. The molecular weight excluding hydrogens is 245 g/mol. The summed E-state index contributed by atoms with van der Waals surface area (Å²) in [5.74, 6) is 1.01. The van der Waals surface area contributed by atoms with E-state index in [1.165, 1.54) is 6.07 Å². The Morgan fingerprint density at radius 2 is 2.16 bits per heavy atom. The van der Waals surface area contributed by atoms with Gasteiger partial charge in [-0.25, -0.2) is 4.39 Å². The number of hydrogen-bond acceptors (Lipinski definition) is 3. The second-order valence-electron chi connectivity index (χ2n) is 4.35. The average Bonchev–Trinajstić information content (AvgIpc) is 2.85. The van der Waals surface area contributed by atoms with E-state index in [0.717, 1.165) is 24.4 Å². The summed E-state index contributed by atoms with van der Waals surface area (Å²) in [6.07, 6.45) is 1.64. The molecule has 1 aromatic carbocycles. The molecule has 0 unspecified atom stereocenters. The summed E-state index contributed by atoms with van der Waals surface area (Å²) in [6.45, 7) is 5.71. The molecule has 102 valence electrons. The summed E-state index contributed by atoms with van der Waals surface area (Å²) in [5, 5.41) is 3.23. The number of furan rings is 1. The number of halogens is 1. The summed E-state index contributed by atoms with van der Waals surface area (Å²) < 4.78 is 24.3. The maximum atomic E-state index is 13.4. The van der Waals surface area contributed by atoms with Gasteiger partial charge in [0.25, 0.3) is 0 Å². The highest BCUT2D eigenvalue weighted by Gasteiger charge is 2.07. The third-order valence-corrected chi connectivity index (χ3v) is 2.92. The third kappa shape index (κ3) is 3.58. The maximum Gasteiger partial charge on any atom is 0.146 e. The summed E-state index contributed by atoms with van der Waals surface area (Å²) in [7, 11) is 0. The van der Waals surface area contributed by atoms with E-state index in [0.29, 0.717) is 17.9 Å². The van der Waals surface area contributed by atoms with Crippen LogP contribution in [-0.4, -0.2) is 6.54 Å². The highest BCUT2D eigenvalue weighted by atomic mass is 19.1. The second-order valence-corrected chi connectivity index (χ2v) is 4.35. The first-order chi connectivity index (χ1) is 9.20. The first-order valence-electron chi connectivity index (χ1n) is 6.35. The molecule has 0 saturated carbocycles. The highest BCUT2D eigenvalue weighted by Crippen LogP contribution is 2.19. The standard InChI is InChI=1S/C15H18FNO2/c1-3-17-9-12-6-7-18-15(12)10-19-13-5-4-11(2)14(16)8-13/h4-8,17H,3,9-10H2,1-2H3. The molecule has 0 aliphatic heterocycles. The molecule has 0 fully saturated rings. The first kappa shape index (κ1) is 13.6. The molecule has 1 aromatic heterocycles. The lowest BCUT2D eigenvalue weighted by Crippen LogP contribution is -2.12. The monoisotopic (exact) mass is 263 g/mol. The van der Waals surface area contributed by atoms with Crippen LogP contribution in [0.25, 0.3) is 0 Å². The van der Waals surface area contributed by atoms with Gasteiger partial charge in [0.1, 0.15) is 23.9 Å². The summed E-state index contributed by atoms with van der Waals surface area (Å²) in [5.41, 5.74) is 1.67.